The molecule has 4 rings (SSSR count). The second-order valence-electron chi connectivity index (χ2n) is 6.05. The Morgan fingerprint density at radius 2 is 1.96 bits per heavy atom. The van der Waals surface area contributed by atoms with Crippen molar-refractivity contribution in [2.75, 3.05) is 0 Å². The van der Waals surface area contributed by atoms with Crippen LogP contribution in [-0.4, -0.2) is 20.3 Å². The number of fused-ring (bicyclic) bond motifs is 1. The van der Waals surface area contributed by atoms with Gasteiger partial charge in [0.25, 0.3) is 5.91 Å². The number of aromatic nitrogens is 3. The normalized spacial score (nSPS) is 10.7. The zero-order valence-corrected chi connectivity index (χ0v) is 14.6. The average molecular weight is 358 g/mol. The molecular weight excluding hydrogens is 340 g/mol. The molecule has 134 valence electrons. The third-order valence-corrected chi connectivity index (χ3v) is 4.10. The van der Waals surface area contributed by atoms with Crippen LogP contribution in [-0.2, 0) is 13.2 Å². The van der Waals surface area contributed by atoms with Crippen molar-refractivity contribution in [1.82, 2.24) is 19.7 Å². The Hall–Kier alpha value is -3.67. The summed E-state index contributed by atoms with van der Waals surface area (Å²) in [6, 6.07) is 16.7. The van der Waals surface area contributed by atoms with Gasteiger partial charge in [-0.15, -0.1) is 0 Å². The van der Waals surface area contributed by atoms with Gasteiger partial charge in [0.2, 0.25) is 0 Å². The van der Waals surface area contributed by atoms with Gasteiger partial charge in [-0.2, -0.15) is 0 Å². The van der Waals surface area contributed by atoms with Crippen LogP contribution in [0.5, 0.6) is 5.75 Å². The maximum absolute atomic E-state index is 12.4. The summed E-state index contributed by atoms with van der Waals surface area (Å²) in [6.07, 6.45) is 7.28. The van der Waals surface area contributed by atoms with Crippen molar-refractivity contribution in [2.45, 2.75) is 13.2 Å². The molecule has 6 heteroatoms. The summed E-state index contributed by atoms with van der Waals surface area (Å²) in [5, 5.41) is 2.90. The van der Waals surface area contributed by atoms with E-state index in [9.17, 15) is 4.79 Å². The molecule has 0 fully saturated rings. The standard InChI is InChI=1S/C21H18N4O2/c26-21(23-13-16-7-9-22-10-8-16)17-4-3-5-19(12-17)27-15-18-14-25-11-2-1-6-20(25)24-18/h1-12,14H,13,15H2,(H,23,26). The van der Waals surface area contributed by atoms with Crippen molar-refractivity contribution in [1.29, 1.82) is 0 Å². The van der Waals surface area contributed by atoms with Crippen molar-refractivity contribution in [3.05, 3.63) is 96.2 Å². The van der Waals surface area contributed by atoms with E-state index in [0.29, 0.717) is 24.5 Å². The Balaban J connectivity index is 1.38. The monoisotopic (exact) mass is 358 g/mol. The molecule has 1 aromatic carbocycles. The molecule has 1 N–H and O–H groups in total. The van der Waals surface area contributed by atoms with Gasteiger partial charge < -0.3 is 14.5 Å². The van der Waals surface area contributed by atoms with E-state index >= 15 is 0 Å². The van der Waals surface area contributed by atoms with Crippen LogP contribution in [0.15, 0.2) is 79.4 Å². The quantitative estimate of drug-likeness (QED) is 0.574. The van der Waals surface area contributed by atoms with Crippen LogP contribution in [0, 0.1) is 0 Å². The lowest BCUT2D eigenvalue weighted by Crippen LogP contribution is -2.22. The number of nitrogens with one attached hydrogen (secondary N) is 1. The number of carbonyl (C=O) groups is 1. The molecule has 0 atom stereocenters. The highest BCUT2D eigenvalue weighted by Crippen LogP contribution is 2.16. The number of hydrogen-bond acceptors (Lipinski definition) is 4. The Morgan fingerprint density at radius 1 is 1.07 bits per heavy atom. The Morgan fingerprint density at radius 3 is 2.81 bits per heavy atom. The van der Waals surface area contributed by atoms with Gasteiger partial charge in [0.1, 0.15) is 18.0 Å². The maximum atomic E-state index is 12.4. The number of nitrogens with zero attached hydrogens (tertiary/aromatic N) is 3. The molecule has 0 aliphatic heterocycles. The zero-order valence-electron chi connectivity index (χ0n) is 14.6. The summed E-state index contributed by atoms with van der Waals surface area (Å²) < 4.78 is 7.76. The Labute approximate surface area is 156 Å². The molecule has 0 radical (unpaired) electrons. The van der Waals surface area contributed by atoms with Crippen LogP contribution in [0.1, 0.15) is 21.6 Å². The van der Waals surface area contributed by atoms with Crippen molar-refractivity contribution in [3.8, 4) is 5.75 Å². The van der Waals surface area contributed by atoms with Crippen LogP contribution in [0.3, 0.4) is 0 Å². The molecule has 1 amide bonds. The number of carbonyl (C=O) groups excluding carboxylic acids is 1. The molecule has 0 aliphatic rings. The van der Waals surface area contributed by atoms with Gasteiger partial charge in [-0.25, -0.2) is 4.98 Å². The minimum absolute atomic E-state index is 0.148. The number of ether oxygens (including phenoxy) is 1. The third kappa shape index (κ3) is 4.12. The summed E-state index contributed by atoms with van der Waals surface area (Å²) >= 11 is 0. The third-order valence-electron chi connectivity index (χ3n) is 4.10. The molecule has 6 nitrogen and oxygen atoms in total. The van der Waals surface area contributed by atoms with Gasteiger partial charge in [0, 0.05) is 36.9 Å². The van der Waals surface area contributed by atoms with Gasteiger partial charge in [-0.05, 0) is 48.0 Å². The van der Waals surface area contributed by atoms with Crippen molar-refractivity contribution >= 4 is 11.6 Å². The summed E-state index contributed by atoms with van der Waals surface area (Å²) in [5.74, 6) is 0.480. The van der Waals surface area contributed by atoms with Gasteiger partial charge in [-0.3, -0.25) is 9.78 Å². The molecule has 4 aromatic rings. The van der Waals surface area contributed by atoms with E-state index in [1.54, 1.807) is 30.6 Å². The second-order valence-corrected chi connectivity index (χ2v) is 6.05. The fraction of sp³-hybridized carbons (Fsp3) is 0.0952. The van der Waals surface area contributed by atoms with E-state index in [1.165, 1.54) is 0 Å². The minimum Gasteiger partial charge on any atom is -0.487 e. The van der Waals surface area contributed by atoms with Gasteiger partial charge >= 0.3 is 0 Å². The molecular formula is C21H18N4O2. The number of amides is 1. The molecule has 0 bridgehead atoms. The lowest BCUT2D eigenvalue weighted by Gasteiger charge is -2.08. The highest BCUT2D eigenvalue weighted by Gasteiger charge is 2.08. The Kier molecular flexibility index (Phi) is 4.78. The van der Waals surface area contributed by atoms with Gasteiger partial charge in [-0.1, -0.05) is 12.1 Å². The molecule has 3 aromatic heterocycles. The maximum Gasteiger partial charge on any atom is 0.251 e. The van der Waals surface area contributed by atoms with Crippen molar-refractivity contribution in [3.63, 3.8) is 0 Å². The number of rotatable bonds is 6. The van der Waals surface area contributed by atoms with Crippen molar-refractivity contribution in [2.24, 2.45) is 0 Å². The lowest BCUT2D eigenvalue weighted by molar-refractivity contribution is 0.0950. The van der Waals surface area contributed by atoms with Crippen LogP contribution in [0.4, 0.5) is 0 Å². The van der Waals surface area contributed by atoms with E-state index in [0.717, 1.165) is 16.9 Å². The van der Waals surface area contributed by atoms with E-state index in [1.807, 2.05) is 53.2 Å². The molecule has 3 heterocycles. The first-order valence-corrected chi connectivity index (χ1v) is 8.60. The Bertz CT molecular complexity index is 1030. The van der Waals surface area contributed by atoms with Crippen LogP contribution < -0.4 is 10.1 Å². The SMILES string of the molecule is O=C(NCc1ccncc1)c1cccc(OCc2cn3ccccc3n2)c1. The predicted molar refractivity (Wildman–Crippen MR) is 101 cm³/mol. The van der Waals surface area contributed by atoms with Crippen LogP contribution >= 0.6 is 0 Å². The highest BCUT2D eigenvalue weighted by molar-refractivity contribution is 5.94. The average Bonchev–Trinajstić information content (AvgIpc) is 3.14. The topological polar surface area (TPSA) is 68.5 Å². The second kappa shape index (κ2) is 7.70. The van der Waals surface area contributed by atoms with Gasteiger partial charge in [0.15, 0.2) is 0 Å². The number of benzene rings is 1. The molecule has 0 spiro atoms. The molecule has 27 heavy (non-hydrogen) atoms. The smallest absolute Gasteiger partial charge is 0.251 e. The van der Waals surface area contributed by atoms with E-state index in [-0.39, 0.29) is 5.91 Å². The van der Waals surface area contributed by atoms with E-state index < -0.39 is 0 Å². The first-order chi connectivity index (χ1) is 13.3. The summed E-state index contributed by atoms with van der Waals surface area (Å²) in [7, 11) is 0. The first-order valence-electron chi connectivity index (χ1n) is 8.60. The summed E-state index contributed by atoms with van der Waals surface area (Å²) in [6.45, 7) is 0.789. The highest BCUT2D eigenvalue weighted by atomic mass is 16.5. The summed E-state index contributed by atoms with van der Waals surface area (Å²) in [4.78, 5) is 20.8. The first kappa shape index (κ1) is 16.8. The lowest BCUT2D eigenvalue weighted by atomic mass is 10.2. The van der Waals surface area contributed by atoms with E-state index in [4.69, 9.17) is 4.74 Å². The molecule has 0 saturated heterocycles. The zero-order chi connectivity index (χ0) is 18.5. The number of imidazole rings is 1. The largest absolute Gasteiger partial charge is 0.487 e. The summed E-state index contributed by atoms with van der Waals surface area (Å²) in [5.41, 5.74) is 3.25. The minimum atomic E-state index is -0.148. The number of hydrogen-bond donors (Lipinski definition) is 1. The molecule has 0 unspecified atom stereocenters. The predicted octanol–water partition coefficient (Wildman–Crippen LogP) is 3.24. The molecule has 0 saturated carbocycles. The van der Waals surface area contributed by atoms with Crippen LogP contribution in [0.2, 0.25) is 0 Å². The van der Waals surface area contributed by atoms with Crippen molar-refractivity contribution < 1.29 is 9.53 Å². The fourth-order valence-corrected chi connectivity index (χ4v) is 2.73. The number of pyridine rings is 2. The van der Waals surface area contributed by atoms with Gasteiger partial charge in [0.05, 0.1) is 5.69 Å². The molecule has 0 aliphatic carbocycles. The fourth-order valence-electron chi connectivity index (χ4n) is 2.73. The van der Waals surface area contributed by atoms with Crippen LogP contribution in [0.25, 0.3) is 5.65 Å². The van der Waals surface area contributed by atoms with E-state index in [2.05, 4.69) is 15.3 Å².